The topological polar surface area (TPSA) is 57.6 Å². The molecule has 102 valence electrons. The summed E-state index contributed by atoms with van der Waals surface area (Å²) in [4.78, 5) is 25.1. The summed E-state index contributed by atoms with van der Waals surface area (Å²) in [6.07, 6.45) is 5.88. The maximum atomic E-state index is 12.0. The van der Waals surface area contributed by atoms with E-state index in [9.17, 15) is 9.59 Å². The summed E-state index contributed by atoms with van der Waals surface area (Å²) in [5, 5.41) is 10.5. The summed E-state index contributed by atoms with van der Waals surface area (Å²) in [6.45, 7) is 0.590. The Morgan fingerprint density at radius 3 is 2.84 bits per heavy atom. The summed E-state index contributed by atoms with van der Waals surface area (Å²) >= 11 is 1.49. The van der Waals surface area contributed by atoms with E-state index in [1.165, 1.54) is 11.3 Å². The first-order valence-electron chi connectivity index (χ1n) is 6.29. The van der Waals surface area contributed by atoms with Gasteiger partial charge in [0.1, 0.15) is 0 Å². The molecule has 1 amide bonds. The molecule has 0 saturated heterocycles. The highest BCUT2D eigenvalue weighted by Crippen LogP contribution is 2.28. The molecule has 5 heteroatoms. The summed E-state index contributed by atoms with van der Waals surface area (Å²) in [7, 11) is 1.82. The van der Waals surface area contributed by atoms with Gasteiger partial charge in [-0.3, -0.25) is 4.79 Å². The number of rotatable bonds is 5. The van der Waals surface area contributed by atoms with Gasteiger partial charge in [0.15, 0.2) is 0 Å². The molecule has 1 aliphatic carbocycles. The number of carboxylic acids is 1. The van der Waals surface area contributed by atoms with Crippen molar-refractivity contribution >= 4 is 29.3 Å². The Kier molecular flexibility index (Phi) is 4.37. The minimum atomic E-state index is -0.952. The molecule has 1 saturated carbocycles. The van der Waals surface area contributed by atoms with Crippen LogP contribution in [0.4, 0.5) is 0 Å². The molecular formula is C14H17NO3S. The van der Waals surface area contributed by atoms with Crippen LogP contribution in [0.1, 0.15) is 29.7 Å². The molecule has 1 aliphatic rings. The van der Waals surface area contributed by atoms with E-state index >= 15 is 0 Å². The zero-order chi connectivity index (χ0) is 13.8. The normalized spacial score (nSPS) is 15.4. The van der Waals surface area contributed by atoms with Gasteiger partial charge in [-0.1, -0.05) is 6.42 Å². The predicted molar refractivity (Wildman–Crippen MR) is 74.8 cm³/mol. The Morgan fingerprint density at radius 2 is 2.26 bits per heavy atom. The highest BCUT2D eigenvalue weighted by atomic mass is 32.1. The lowest BCUT2D eigenvalue weighted by molar-refractivity contribution is -0.137. The molecule has 0 unspecified atom stereocenters. The van der Waals surface area contributed by atoms with Crippen LogP contribution in [0.5, 0.6) is 0 Å². The van der Waals surface area contributed by atoms with Crippen LogP contribution in [-0.2, 0) is 16.1 Å². The van der Waals surface area contributed by atoms with Gasteiger partial charge < -0.3 is 10.0 Å². The van der Waals surface area contributed by atoms with Gasteiger partial charge in [-0.15, -0.1) is 11.3 Å². The molecule has 1 heterocycles. The molecule has 0 radical (unpaired) electrons. The first-order valence-corrected chi connectivity index (χ1v) is 7.17. The Bertz CT molecular complexity index is 503. The van der Waals surface area contributed by atoms with Gasteiger partial charge in [0.2, 0.25) is 5.91 Å². The van der Waals surface area contributed by atoms with Crippen molar-refractivity contribution in [1.29, 1.82) is 0 Å². The van der Waals surface area contributed by atoms with Crippen LogP contribution in [0.15, 0.2) is 17.5 Å². The number of thiophene rings is 1. The molecule has 0 spiro atoms. The van der Waals surface area contributed by atoms with Crippen molar-refractivity contribution in [2.75, 3.05) is 7.05 Å². The molecule has 0 atom stereocenters. The molecule has 1 fully saturated rings. The monoisotopic (exact) mass is 279 g/mol. The van der Waals surface area contributed by atoms with Crippen molar-refractivity contribution in [2.24, 2.45) is 5.92 Å². The van der Waals surface area contributed by atoms with Gasteiger partial charge in [0.25, 0.3) is 0 Å². The van der Waals surface area contributed by atoms with Crippen molar-refractivity contribution in [1.82, 2.24) is 4.90 Å². The van der Waals surface area contributed by atoms with Gasteiger partial charge >= 0.3 is 5.97 Å². The second-order valence-corrected chi connectivity index (χ2v) is 5.79. The number of hydrogen-bond acceptors (Lipinski definition) is 3. The third-order valence-electron chi connectivity index (χ3n) is 3.31. The molecule has 19 heavy (non-hydrogen) atoms. The average Bonchev–Trinajstić information content (AvgIpc) is 2.71. The quantitative estimate of drug-likeness (QED) is 0.843. The minimum Gasteiger partial charge on any atom is -0.478 e. The van der Waals surface area contributed by atoms with E-state index in [1.807, 2.05) is 18.5 Å². The van der Waals surface area contributed by atoms with E-state index in [-0.39, 0.29) is 11.8 Å². The van der Waals surface area contributed by atoms with E-state index in [2.05, 4.69) is 0 Å². The number of carboxylic acid groups (broad SMARTS) is 1. The molecule has 2 rings (SSSR count). The van der Waals surface area contributed by atoms with Gasteiger partial charge in [-0.05, 0) is 35.9 Å². The lowest BCUT2D eigenvalue weighted by atomic mass is 9.84. The Hall–Kier alpha value is -1.62. The van der Waals surface area contributed by atoms with Gasteiger partial charge in [0, 0.05) is 30.5 Å². The van der Waals surface area contributed by atoms with Gasteiger partial charge in [0.05, 0.1) is 0 Å². The number of carbonyl (C=O) groups is 2. The maximum absolute atomic E-state index is 12.0. The van der Waals surface area contributed by atoms with E-state index in [1.54, 1.807) is 11.0 Å². The van der Waals surface area contributed by atoms with Crippen molar-refractivity contribution in [2.45, 2.75) is 25.8 Å². The van der Waals surface area contributed by atoms with E-state index < -0.39 is 5.97 Å². The van der Waals surface area contributed by atoms with Crippen LogP contribution < -0.4 is 0 Å². The summed E-state index contributed by atoms with van der Waals surface area (Å²) in [5.41, 5.74) is 1.05. The minimum absolute atomic E-state index is 0.218. The van der Waals surface area contributed by atoms with Crippen molar-refractivity contribution in [3.05, 3.63) is 28.0 Å². The third kappa shape index (κ3) is 3.67. The average molecular weight is 279 g/mol. The maximum Gasteiger partial charge on any atom is 0.328 e. The number of hydrogen-bond donors (Lipinski definition) is 1. The SMILES string of the molecule is CN(Cc1csc(C=CC(=O)O)c1)C(=O)C1CCC1. The number of nitrogens with zero attached hydrogens (tertiary/aromatic N) is 1. The zero-order valence-electron chi connectivity index (χ0n) is 10.8. The highest BCUT2D eigenvalue weighted by molar-refractivity contribution is 7.11. The molecule has 1 aromatic heterocycles. The Labute approximate surface area is 116 Å². The standard InChI is InChI=1S/C14H17NO3S/c1-15(14(18)11-3-2-4-11)8-10-7-12(19-9-10)5-6-13(16)17/h5-7,9,11H,2-4,8H2,1H3,(H,16,17). The largest absolute Gasteiger partial charge is 0.478 e. The third-order valence-corrected chi connectivity index (χ3v) is 4.26. The van der Waals surface area contributed by atoms with Gasteiger partial charge in [-0.2, -0.15) is 0 Å². The zero-order valence-corrected chi connectivity index (χ0v) is 11.7. The molecule has 4 nitrogen and oxygen atoms in total. The fraction of sp³-hybridized carbons (Fsp3) is 0.429. The summed E-state index contributed by atoms with van der Waals surface area (Å²) in [6, 6.07) is 1.93. The van der Waals surface area contributed by atoms with Crippen molar-refractivity contribution in [3.8, 4) is 0 Å². The number of amides is 1. The lowest BCUT2D eigenvalue weighted by Crippen LogP contribution is -2.35. The van der Waals surface area contributed by atoms with Crippen LogP contribution in [0, 0.1) is 5.92 Å². The van der Waals surface area contributed by atoms with Gasteiger partial charge in [-0.25, -0.2) is 4.79 Å². The molecule has 0 aliphatic heterocycles. The van der Waals surface area contributed by atoms with E-state index in [0.29, 0.717) is 6.54 Å². The summed E-state index contributed by atoms with van der Waals surface area (Å²) < 4.78 is 0. The number of carbonyl (C=O) groups excluding carboxylic acids is 1. The Morgan fingerprint density at radius 1 is 1.53 bits per heavy atom. The van der Waals surface area contributed by atoms with Crippen molar-refractivity contribution in [3.63, 3.8) is 0 Å². The first-order chi connectivity index (χ1) is 9.06. The van der Waals surface area contributed by atoms with Crippen molar-refractivity contribution < 1.29 is 14.7 Å². The Balaban J connectivity index is 1.91. The lowest BCUT2D eigenvalue weighted by Gasteiger charge is -2.29. The molecule has 1 aromatic rings. The van der Waals surface area contributed by atoms with Crippen LogP contribution in [0.2, 0.25) is 0 Å². The second kappa shape index (κ2) is 6.02. The highest BCUT2D eigenvalue weighted by Gasteiger charge is 2.27. The molecule has 0 bridgehead atoms. The fourth-order valence-electron chi connectivity index (χ4n) is 2.04. The molecular weight excluding hydrogens is 262 g/mol. The van der Waals surface area contributed by atoms with E-state index in [0.717, 1.165) is 35.8 Å². The number of aliphatic carboxylic acids is 1. The van der Waals surface area contributed by atoms with Crippen LogP contribution in [0.25, 0.3) is 6.08 Å². The predicted octanol–water partition coefficient (Wildman–Crippen LogP) is 2.60. The first kappa shape index (κ1) is 13.8. The smallest absolute Gasteiger partial charge is 0.328 e. The van der Waals surface area contributed by atoms with Crippen LogP contribution in [-0.4, -0.2) is 28.9 Å². The summed E-state index contributed by atoms with van der Waals surface area (Å²) in [5.74, 6) is -0.512. The molecule has 1 N–H and O–H groups in total. The fourth-order valence-corrected chi connectivity index (χ4v) is 2.83. The van der Waals surface area contributed by atoms with Crippen LogP contribution >= 0.6 is 11.3 Å². The molecule has 0 aromatic carbocycles. The van der Waals surface area contributed by atoms with Crippen LogP contribution in [0.3, 0.4) is 0 Å². The van der Waals surface area contributed by atoms with E-state index in [4.69, 9.17) is 5.11 Å². The second-order valence-electron chi connectivity index (χ2n) is 4.85.